The largest absolute Gasteiger partial charge is 0.315 e. The first-order valence-corrected chi connectivity index (χ1v) is 8.25. The fraction of sp³-hybridized carbons (Fsp3) is 0.667. The molecule has 0 radical (unpaired) electrons. The lowest BCUT2D eigenvalue weighted by Gasteiger charge is -2.35. The van der Waals surface area contributed by atoms with Gasteiger partial charge >= 0.3 is 0 Å². The smallest absolute Gasteiger partial charge is 0.127 e. The lowest BCUT2D eigenvalue weighted by Crippen LogP contribution is -2.44. The predicted molar refractivity (Wildman–Crippen MR) is 86.9 cm³/mol. The summed E-state index contributed by atoms with van der Waals surface area (Å²) in [6, 6.07) is 7.72. The summed E-state index contributed by atoms with van der Waals surface area (Å²) >= 11 is 0. The van der Waals surface area contributed by atoms with E-state index in [1.54, 1.807) is 12.1 Å². The molecule has 1 aromatic carbocycles. The van der Waals surface area contributed by atoms with Crippen LogP contribution >= 0.6 is 0 Å². The van der Waals surface area contributed by atoms with Crippen molar-refractivity contribution in [2.75, 3.05) is 20.6 Å². The molecule has 1 N–H and O–H groups in total. The molecular formula is C18H29FN2. The maximum absolute atomic E-state index is 13.9. The van der Waals surface area contributed by atoms with Gasteiger partial charge in [-0.2, -0.15) is 0 Å². The van der Waals surface area contributed by atoms with Gasteiger partial charge in [0.25, 0.3) is 0 Å². The van der Waals surface area contributed by atoms with Crippen LogP contribution in [0.15, 0.2) is 24.3 Å². The van der Waals surface area contributed by atoms with Crippen LogP contribution in [0, 0.1) is 11.7 Å². The predicted octanol–water partition coefficient (Wildman–Crippen LogP) is 3.99. The number of benzene rings is 1. The SMILES string of the molecule is CNC(CN(C)C(C)c1ccccc1F)C1CCCCC1. The molecule has 0 aromatic heterocycles. The number of hydrogen-bond donors (Lipinski definition) is 1. The number of rotatable bonds is 6. The minimum Gasteiger partial charge on any atom is -0.315 e. The molecule has 118 valence electrons. The van der Waals surface area contributed by atoms with Gasteiger partial charge in [0.1, 0.15) is 5.82 Å². The van der Waals surface area contributed by atoms with Crippen molar-refractivity contribution in [3.8, 4) is 0 Å². The van der Waals surface area contributed by atoms with Crippen molar-refractivity contribution in [3.63, 3.8) is 0 Å². The van der Waals surface area contributed by atoms with Gasteiger partial charge in [-0.1, -0.05) is 37.5 Å². The number of nitrogens with one attached hydrogen (secondary N) is 1. The highest BCUT2D eigenvalue weighted by Gasteiger charge is 2.25. The van der Waals surface area contributed by atoms with Gasteiger partial charge in [0.05, 0.1) is 0 Å². The van der Waals surface area contributed by atoms with E-state index in [9.17, 15) is 4.39 Å². The summed E-state index contributed by atoms with van der Waals surface area (Å²) in [5.41, 5.74) is 0.790. The third kappa shape index (κ3) is 4.27. The first-order valence-electron chi connectivity index (χ1n) is 8.25. The van der Waals surface area contributed by atoms with E-state index in [-0.39, 0.29) is 11.9 Å². The molecule has 21 heavy (non-hydrogen) atoms. The number of nitrogens with zero attached hydrogens (tertiary/aromatic N) is 1. The van der Waals surface area contributed by atoms with Gasteiger partial charge in [0, 0.05) is 24.2 Å². The van der Waals surface area contributed by atoms with Gasteiger partial charge in [0.15, 0.2) is 0 Å². The van der Waals surface area contributed by atoms with Gasteiger partial charge in [-0.05, 0) is 45.8 Å². The van der Waals surface area contributed by atoms with Crippen molar-refractivity contribution >= 4 is 0 Å². The Morgan fingerprint density at radius 3 is 2.52 bits per heavy atom. The van der Waals surface area contributed by atoms with E-state index in [2.05, 4.69) is 31.2 Å². The van der Waals surface area contributed by atoms with E-state index in [4.69, 9.17) is 0 Å². The van der Waals surface area contributed by atoms with Crippen molar-refractivity contribution in [2.24, 2.45) is 5.92 Å². The molecule has 0 spiro atoms. The molecule has 1 saturated carbocycles. The third-order valence-corrected chi connectivity index (χ3v) is 5.09. The van der Waals surface area contributed by atoms with Crippen molar-refractivity contribution < 1.29 is 4.39 Å². The van der Waals surface area contributed by atoms with Crippen LogP contribution in [0.4, 0.5) is 4.39 Å². The molecular weight excluding hydrogens is 263 g/mol. The van der Waals surface area contributed by atoms with Gasteiger partial charge in [-0.15, -0.1) is 0 Å². The summed E-state index contributed by atoms with van der Waals surface area (Å²) in [6.45, 7) is 3.06. The third-order valence-electron chi connectivity index (χ3n) is 5.09. The molecule has 2 nitrogen and oxygen atoms in total. The number of hydrogen-bond acceptors (Lipinski definition) is 2. The van der Waals surface area contributed by atoms with Crippen molar-refractivity contribution in [1.29, 1.82) is 0 Å². The first kappa shape index (κ1) is 16.4. The zero-order valence-electron chi connectivity index (χ0n) is 13.6. The molecule has 1 aliphatic carbocycles. The quantitative estimate of drug-likeness (QED) is 0.853. The molecule has 2 unspecified atom stereocenters. The lowest BCUT2D eigenvalue weighted by atomic mass is 9.83. The Balaban J connectivity index is 1.98. The molecule has 0 amide bonds. The highest BCUT2D eigenvalue weighted by Crippen LogP contribution is 2.28. The highest BCUT2D eigenvalue weighted by atomic mass is 19.1. The van der Waals surface area contributed by atoms with Gasteiger partial charge < -0.3 is 5.32 Å². The second-order valence-corrected chi connectivity index (χ2v) is 6.43. The van der Waals surface area contributed by atoms with Gasteiger partial charge in [-0.25, -0.2) is 4.39 Å². The van der Waals surface area contributed by atoms with E-state index in [1.807, 2.05) is 12.1 Å². The van der Waals surface area contributed by atoms with Crippen LogP contribution in [0.3, 0.4) is 0 Å². The van der Waals surface area contributed by atoms with E-state index in [0.29, 0.717) is 6.04 Å². The molecule has 2 rings (SSSR count). The Bertz CT molecular complexity index is 429. The average molecular weight is 292 g/mol. The summed E-state index contributed by atoms with van der Waals surface area (Å²) in [6.07, 6.45) is 6.75. The van der Waals surface area contributed by atoms with E-state index in [1.165, 1.54) is 32.1 Å². The molecule has 1 fully saturated rings. The maximum atomic E-state index is 13.9. The Kier molecular flexibility index (Phi) is 6.19. The topological polar surface area (TPSA) is 15.3 Å². The van der Waals surface area contributed by atoms with E-state index in [0.717, 1.165) is 18.0 Å². The summed E-state index contributed by atoms with van der Waals surface area (Å²) in [7, 11) is 4.16. The summed E-state index contributed by atoms with van der Waals surface area (Å²) in [5.74, 6) is 0.662. The molecule has 3 heteroatoms. The highest BCUT2D eigenvalue weighted by molar-refractivity contribution is 5.20. The van der Waals surface area contributed by atoms with Crippen molar-refractivity contribution in [3.05, 3.63) is 35.6 Å². The van der Waals surface area contributed by atoms with Gasteiger partial charge in [0.2, 0.25) is 0 Å². The molecule has 0 heterocycles. The van der Waals surface area contributed by atoms with Crippen LogP contribution in [-0.2, 0) is 0 Å². The van der Waals surface area contributed by atoms with Crippen LogP contribution in [0.2, 0.25) is 0 Å². The zero-order valence-corrected chi connectivity index (χ0v) is 13.6. The molecule has 1 aromatic rings. The average Bonchev–Trinajstić information content (AvgIpc) is 2.53. The molecule has 0 bridgehead atoms. The second-order valence-electron chi connectivity index (χ2n) is 6.43. The molecule has 0 saturated heterocycles. The van der Waals surface area contributed by atoms with Crippen molar-refractivity contribution in [1.82, 2.24) is 10.2 Å². The van der Waals surface area contributed by atoms with Crippen LogP contribution in [0.5, 0.6) is 0 Å². The zero-order chi connectivity index (χ0) is 15.2. The number of likely N-dealkylation sites (N-methyl/N-ethyl adjacent to an activating group) is 2. The Morgan fingerprint density at radius 2 is 1.90 bits per heavy atom. The van der Waals surface area contributed by atoms with Crippen molar-refractivity contribution in [2.45, 2.75) is 51.1 Å². The second kappa shape index (κ2) is 7.90. The maximum Gasteiger partial charge on any atom is 0.127 e. The molecule has 0 aliphatic heterocycles. The van der Waals surface area contributed by atoms with Crippen LogP contribution in [-0.4, -0.2) is 31.6 Å². The summed E-state index contributed by atoms with van der Waals surface area (Å²) in [4.78, 5) is 2.27. The lowest BCUT2D eigenvalue weighted by molar-refractivity contribution is 0.180. The normalized spacial score (nSPS) is 19.7. The van der Waals surface area contributed by atoms with Crippen LogP contribution in [0.1, 0.15) is 50.6 Å². The fourth-order valence-electron chi connectivity index (χ4n) is 3.53. The Hall–Kier alpha value is -0.930. The Morgan fingerprint density at radius 1 is 1.24 bits per heavy atom. The summed E-state index contributed by atoms with van der Waals surface area (Å²) in [5, 5.41) is 3.49. The standard InChI is InChI=1S/C18H29FN2/c1-14(16-11-7-8-12-17(16)19)21(3)13-18(20-2)15-9-5-4-6-10-15/h7-8,11-12,14-15,18,20H,4-6,9-10,13H2,1-3H3. The summed E-state index contributed by atoms with van der Waals surface area (Å²) < 4.78 is 13.9. The number of halogens is 1. The minimum absolute atomic E-state index is 0.101. The molecule has 1 aliphatic rings. The van der Waals surface area contributed by atoms with E-state index >= 15 is 0 Å². The Labute approximate surface area is 128 Å². The minimum atomic E-state index is -0.101. The van der Waals surface area contributed by atoms with Gasteiger partial charge in [-0.3, -0.25) is 4.90 Å². The van der Waals surface area contributed by atoms with E-state index < -0.39 is 0 Å². The first-order chi connectivity index (χ1) is 10.1. The van der Waals surface area contributed by atoms with Crippen LogP contribution < -0.4 is 5.32 Å². The monoisotopic (exact) mass is 292 g/mol. The van der Waals surface area contributed by atoms with Crippen LogP contribution in [0.25, 0.3) is 0 Å². The molecule has 2 atom stereocenters. The fourth-order valence-corrected chi connectivity index (χ4v) is 3.53.